The van der Waals surface area contributed by atoms with Crippen LogP contribution in [0.1, 0.15) is 0 Å². The van der Waals surface area contributed by atoms with E-state index >= 15 is 0 Å². The Morgan fingerprint density at radius 3 is 2.67 bits per heavy atom. The molecule has 1 atom stereocenters. The molecule has 1 aliphatic heterocycles. The zero-order valence-electron chi connectivity index (χ0n) is 3.05. The maximum Gasteiger partial charge on any atom is 0.0913 e. The Labute approximate surface area is 47.1 Å². The van der Waals surface area contributed by atoms with Gasteiger partial charge in [0.1, 0.15) is 0 Å². The van der Waals surface area contributed by atoms with Crippen molar-refractivity contribution in [2.24, 2.45) is 0 Å². The molecular formula is C2H4OS3. The second-order valence-electron chi connectivity index (χ2n) is 0.861. The van der Waals surface area contributed by atoms with Crippen molar-refractivity contribution in [2.75, 3.05) is 10.2 Å². The van der Waals surface area contributed by atoms with Crippen LogP contribution < -0.4 is 0 Å². The van der Waals surface area contributed by atoms with E-state index in [0.29, 0.717) is 0 Å². The monoisotopic (exact) mass is 140 g/mol. The molecule has 0 N–H and O–H groups in total. The first-order valence-corrected chi connectivity index (χ1v) is 5.46. The molecule has 0 spiro atoms. The van der Waals surface area contributed by atoms with Crippen LogP contribution in [-0.4, -0.2) is 14.4 Å². The Balaban J connectivity index is 2.37. The van der Waals surface area contributed by atoms with Gasteiger partial charge in [-0.05, 0) is 10.8 Å². The van der Waals surface area contributed by atoms with E-state index in [2.05, 4.69) is 0 Å². The maximum atomic E-state index is 10.3. The Kier molecular flexibility index (Phi) is 1.86. The highest BCUT2D eigenvalue weighted by atomic mass is 33.1. The molecule has 0 amide bonds. The van der Waals surface area contributed by atoms with Gasteiger partial charge in [0.25, 0.3) is 0 Å². The van der Waals surface area contributed by atoms with E-state index < -0.39 is 9.83 Å². The van der Waals surface area contributed by atoms with Crippen molar-refractivity contribution >= 4 is 32.4 Å². The van der Waals surface area contributed by atoms with Crippen LogP contribution in [0.5, 0.6) is 0 Å². The van der Waals surface area contributed by atoms with Crippen LogP contribution >= 0.6 is 22.6 Å². The zero-order valence-corrected chi connectivity index (χ0v) is 5.50. The average molecular weight is 140 g/mol. The molecule has 1 saturated heterocycles. The fourth-order valence-electron chi connectivity index (χ4n) is 0.224. The minimum absolute atomic E-state index is 0.543. The second-order valence-corrected chi connectivity index (χ2v) is 5.82. The van der Waals surface area contributed by atoms with E-state index in [-0.39, 0.29) is 0 Å². The van der Waals surface area contributed by atoms with Gasteiger partial charge in [0, 0.05) is 0 Å². The Hall–Kier alpha value is 0.850. The van der Waals surface area contributed by atoms with Crippen molar-refractivity contribution in [1.29, 1.82) is 0 Å². The van der Waals surface area contributed by atoms with Crippen molar-refractivity contribution < 1.29 is 4.21 Å². The third-order valence-corrected chi connectivity index (χ3v) is 5.71. The van der Waals surface area contributed by atoms with E-state index in [9.17, 15) is 4.21 Å². The van der Waals surface area contributed by atoms with Crippen LogP contribution in [0.25, 0.3) is 0 Å². The van der Waals surface area contributed by atoms with Gasteiger partial charge >= 0.3 is 0 Å². The van der Waals surface area contributed by atoms with E-state index in [1.807, 2.05) is 0 Å². The summed E-state index contributed by atoms with van der Waals surface area (Å²) in [6, 6.07) is 0. The predicted octanol–water partition coefficient (Wildman–Crippen LogP) is 1.05. The van der Waals surface area contributed by atoms with Crippen LogP contribution in [0.2, 0.25) is 0 Å². The Bertz CT molecular complexity index is 63.2. The van der Waals surface area contributed by atoms with Crippen molar-refractivity contribution in [3.8, 4) is 0 Å². The lowest BCUT2D eigenvalue weighted by molar-refractivity contribution is 0.694. The molecule has 4 heteroatoms. The molecule has 1 heterocycles. The minimum Gasteiger partial charge on any atom is -0.247 e. The summed E-state index contributed by atoms with van der Waals surface area (Å²) in [6.07, 6.45) is 0. The summed E-state index contributed by atoms with van der Waals surface area (Å²) < 4.78 is 10.3. The highest BCUT2D eigenvalue weighted by molar-refractivity contribution is 8.75. The summed E-state index contributed by atoms with van der Waals surface area (Å²) in [5, 5.41) is 1.86. The summed E-state index contributed by atoms with van der Waals surface area (Å²) in [5.74, 6) is 0. The molecule has 1 fully saturated rings. The minimum atomic E-state index is -0.543. The molecule has 0 aromatic rings. The molecule has 1 nitrogen and oxygen atoms in total. The molecule has 36 valence electrons. The van der Waals surface area contributed by atoms with E-state index in [1.165, 1.54) is 10.8 Å². The van der Waals surface area contributed by atoms with Crippen LogP contribution in [0.15, 0.2) is 0 Å². The summed E-state index contributed by atoms with van der Waals surface area (Å²) in [4.78, 5) is 0. The molecule has 0 radical (unpaired) electrons. The quantitative estimate of drug-likeness (QED) is 0.468. The number of hydrogen-bond donors (Lipinski definition) is 0. The van der Waals surface area contributed by atoms with Gasteiger partial charge in [-0.1, -0.05) is 0 Å². The van der Waals surface area contributed by atoms with Crippen molar-refractivity contribution in [1.82, 2.24) is 0 Å². The molecule has 1 rings (SSSR count). The van der Waals surface area contributed by atoms with Gasteiger partial charge < -0.3 is 0 Å². The van der Waals surface area contributed by atoms with Crippen molar-refractivity contribution in [3.05, 3.63) is 0 Å². The number of rotatable bonds is 0. The fraction of sp³-hybridized carbons (Fsp3) is 1.00. The Morgan fingerprint density at radius 1 is 1.67 bits per heavy atom. The van der Waals surface area contributed by atoms with Gasteiger partial charge in [-0.2, -0.15) is 0 Å². The molecule has 6 heavy (non-hydrogen) atoms. The first-order valence-electron chi connectivity index (χ1n) is 1.49. The lowest BCUT2D eigenvalue weighted by Crippen LogP contribution is -1.71. The SMILES string of the molecule is O=[S@]1CSCS1. The molecule has 0 unspecified atom stereocenters. The molecule has 0 aromatic carbocycles. The number of thioether (sulfide) groups is 1. The smallest absolute Gasteiger partial charge is 0.0913 e. The van der Waals surface area contributed by atoms with E-state index in [0.717, 1.165) is 10.2 Å². The second kappa shape index (κ2) is 2.23. The normalized spacial score (nSPS) is 34.3. The van der Waals surface area contributed by atoms with Gasteiger partial charge in [0.05, 0.1) is 20.0 Å². The Morgan fingerprint density at radius 2 is 2.50 bits per heavy atom. The summed E-state index contributed by atoms with van der Waals surface area (Å²) in [6.45, 7) is 0. The van der Waals surface area contributed by atoms with E-state index in [1.54, 1.807) is 11.8 Å². The van der Waals surface area contributed by atoms with Crippen LogP contribution in [0.4, 0.5) is 0 Å². The highest BCUT2D eigenvalue weighted by Crippen LogP contribution is 2.26. The molecule has 1 aliphatic rings. The predicted molar refractivity (Wildman–Crippen MR) is 33.1 cm³/mol. The summed E-state index contributed by atoms with van der Waals surface area (Å²) >= 11 is 1.74. The molecule has 0 aromatic heterocycles. The maximum absolute atomic E-state index is 10.3. The molecule has 0 bridgehead atoms. The first kappa shape index (κ1) is 5.00. The molecular weight excluding hydrogens is 136 g/mol. The first-order chi connectivity index (χ1) is 2.89. The largest absolute Gasteiger partial charge is 0.247 e. The summed E-state index contributed by atoms with van der Waals surface area (Å²) in [5.41, 5.74) is 0. The lowest BCUT2D eigenvalue weighted by atomic mass is 11.9. The van der Waals surface area contributed by atoms with Gasteiger partial charge in [0.15, 0.2) is 0 Å². The van der Waals surface area contributed by atoms with Gasteiger partial charge in [0.2, 0.25) is 0 Å². The topological polar surface area (TPSA) is 17.1 Å². The standard InChI is InChI=1S/C2H4OS3/c3-6-2-4-1-5-6/h1-2H2/t6-/m1/s1. The van der Waals surface area contributed by atoms with Gasteiger partial charge in [-0.3, -0.25) is 0 Å². The highest BCUT2D eigenvalue weighted by Gasteiger charge is 2.07. The fourth-order valence-corrected chi connectivity index (χ4v) is 5.43. The van der Waals surface area contributed by atoms with Crippen molar-refractivity contribution in [2.45, 2.75) is 0 Å². The van der Waals surface area contributed by atoms with Crippen LogP contribution in [-0.2, 0) is 9.83 Å². The third kappa shape index (κ3) is 1.17. The third-order valence-electron chi connectivity index (χ3n) is 0.442. The number of hydrogen-bond acceptors (Lipinski definition) is 3. The lowest BCUT2D eigenvalue weighted by Gasteiger charge is -1.72. The zero-order chi connectivity index (χ0) is 4.41. The summed E-state index contributed by atoms with van der Waals surface area (Å²) in [7, 11) is 0.989. The van der Waals surface area contributed by atoms with E-state index in [4.69, 9.17) is 0 Å². The molecule has 0 aliphatic carbocycles. The van der Waals surface area contributed by atoms with Crippen molar-refractivity contribution in [3.63, 3.8) is 0 Å². The van der Waals surface area contributed by atoms with Gasteiger partial charge in [-0.25, -0.2) is 4.21 Å². The van der Waals surface area contributed by atoms with Gasteiger partial charge in [-0.15, -0.1) is 11.8 Å². The van der Waals surface area contributed by atoms with Crippen LogP contribution in [0, 0.1) is 0 Å². The molecule has 0 saturated carbocycles. The average Bonchev–Trinajstić information content (AvgIpc) is 1.86. The van der Waals surface area contributed by atoms with Crippen LogP contribution in [0.3, 0.4) is 0 Å².